The quantitative estimate of drug-likeness (QED) is 0.921. The van der Waals surface area contributed by atoms with E-state index in [1.165, 1.54) is 12.4 Å². The lowest BCUT2D eigenvalue weighted by Crippen LogP contribution is -1.97. The van der Waals surface area contributed by atoms with Crippen LogP contribution in [0.4, 0.5) is 0 Å². The minimum Gasteiger partial charge on any atom is -0.478 e. The van der Waals surface area contributed by atoms with Gasteiger partial charge in [0.2, 0.25) is 0 Å². The number of hydrogen-bond donors (Lipinski definition) is 1. The van der Waals surface area contributed by atoms with E-state index in [4.69, 9.17) is 16.7 Å². The predicted molar refractivity (Wildman–Crippen MR) is 69.4 cm³/mol. The normalized spacial score (nSPS) is 10.7. The van der Waals surface area contributed by atoms with Crippen LogP contribution in [0.3, 0.4) is 0 Å². The van der Waals surface area contributed by atoms with E-state index in [0.29, 0.717) is 5.56 Å². The molecule has 0 saturated heterocycles. The fraction of sp³-hybridized carbons (Fsp3) is 0. The molecule has 0 aliphatic rings. The molecule has 90 valence electrons. The first kappa shape index (κ1) is 12.3. The van der Waals surface area contributed by atoms with Crippen LogP contribution in [0.15, 0.2) is 36.8 Å². The van der Waals surface area contributed by atoms with Crippen LogP contribution < -0.4 is 0 Å². The summed E-state index contributed by atoms with van der Waals surface area (Å²) in [5.41, 5.74) is 1.44. The Hall–Kier alpha value is -2.20. The van der Waals surface area contributed by atoms with E-state index in [2.05, 4.69) is 9.97 Å². The van der Waals surface area contributed by atoms with Crippen LogP contribution in [-0.4, -0.2) is 21.0 Å². The van der Waals surface area contributed by atoms with Crippen molar-refractivity contribution in [1.29, 1.82) is 0 Å². The van der Waals surface area contributed by atoms with Crippen LogP contribution >= 0.6 is 11.6 Å². The van der Waals surface area contributed by atoms with Crippen molar-refractivity contribution < 1.29 is 9.90 Å². The molecule has 1 aromatic carbocycles. The number of halogens is 1. The second kappa shape index (κ2) is 5.42. The van der Waals surface area contributed by atoms with E-state index in [9.17, 15) is 4.79 Å². The lowest BCUT2D eigenvalue weighted by molar-refractivity contribution is 0.0697. The van der Waals surface area contributed by atoms with E-state index in [-0.39, 0.29) is 10.6 Å². The fourth-order valence-corrected chi connectivity index (χ4v) is 1.69. The van der Waals surface area contributed by atoms with Crippen LogP contribution in [0.5, 0.6) is 0 Å². The molecule has 2 rings (SSSR count). The Morgan fingerprint density at radius 3 is 2.78 bits per heavy atom. The third-order valence-corrected chi connectivity index (χ3v) is 2.72. The lowest BCUT2D eigenvalue weighted by Gasteiger charge is -2.02. The van der Waals surface area contributed by atoms with E-state index in [1.807, 2.05) is 0 Å². The van der Waals surface area contributed by atoms with Crippen molar-refractivity contribution in [2.75, 3.05) is 0 Å². The van der Waals surface area contributed by atoms with Gasteiger partial charge in [0, 0.05) is 6.20 Å². The van der Waals surface area contributed by atoms with Crippen molar-refractivity contribution in [3.8, 4) is 0 Å². The molecule has 1 N–H and O–H groups in total. The zero-order valence-electron chi connectivity index (χ0n) is 9.25. The first-order valence-corrected chi connectivity index (χ1v) is 5.52. The molecular formula is C13H9ClN2O2. The van der Waals surface area contributed by atoms with Gasteiger partial charge in [0.05, 0.1) is 16.3 Å². The smallest absolute Gasteiger partial charge is 0.337 e. The molecule has 0 saturated carbocycles. The largest absolute Gasteiger partial charge is 0.478 e. The van der Waals surface area contributed by atoms with E-state index >= 15 is 0 Å². The van der Waals surface area contributed by atoms with Crippen LogP contribution in [-0.2, 0) is 0 Å². The minimum absolute atomic E-state index is 0.0847. The summed E-state index contributed by atoms with van der Waals surface area (Å²) in [4.78, 5) is 18.7. The molecule has 18 heavy (non-hydrogen) atoms. The van der Waals surface area contributed by atoms with Crippen molar-refractivity contribution in [3.05, 3.63) is 58.6 Å². The topological polar surface area (TPSA) is 63.1 Å². The number of carboxylic acids is 1. The van der Waals surface area contributed by atoms with Crippen molar-refractivity contribution in [1.82, 2.24) is 9.97 Å². The summed E-state index contributed by atoms with van der Waals surface area (Å²) in [5, 5.41) is 9.16. The Morgan fingerprint density at radius 1 is 1.28 bits per heavy atom. The van der Waals surface area contributed by atoms with E-state index in [1.54, 1.807) is 36.5 Å². The van der Waals surface area contributed by atoms with Crippen LogP contribution in [0.25, 0.3) is 12.2 Å². The highest BCUT2D eigenvalue weighted by atomic mass is 35.5. The summed E-state index contributed by atoms with van der Waals surface area (Å²) < 4.78 is 0. The third kappa shape index (κ3) is 2.73. The molecule has 0 fully saturated rings. The third-order valence-electron chi connectivity index (χ3n) is 2.30. The zero-order valence-corrected chi connectivity index (χ0v) is 10.0. The average Bonchev–Trinajstić information content (AvgIpc) is 2.38. The maximum Gasteiger partial charge on any atom is 0.337 e. The molecule has 0 bridgehead atoms. The zero-order chi connectivity index (χ0) is 13.0. The van der Waals surface area contributed by atoms with Gasteiger partial charge in [-0.1, -0.05) is 29.8 Å². The van der Waals surface area contributed by atoms with Crippen molar-refractivity contribution >= 4 is 29.7 Å². The highest BCUT2D eigenvalue weighted by Crippen LogP contribution is 2.23. The van der Waals surface area contributed by atoms with E-state index < -0.39 is 5.97 Å². The molecule has 1 aromatic heterocycles. The second-order valence-corrected chi connectivity index (χ2v) is 3.86. The highest BCUT2D eigenvalue weighted by Gasteiger charge is 2.09. The number of carbonyl (C=O) groups is 1. The molecular weight excluding hydrogens is 252 g/mol. The van der Waals surface area contributed by atoms with Crippen LogP contribution in [0.2, 0.25) is 5.02 Å². The molecule has 1 heterocycles. The fourth-order valence-electron chi connectivity index (χ4n) is 1.42. The van der Waals surface area contributed by atoms with Gasteiger partial charge in [-0.3, -0.25) is 0 Å². The van der Waals surface area contributed by atoms with Gasteiger partial charge < -0.3 is 5.11 Å². The molecule has 0 unspecified atom stereocenters. The Balaban J connectivity index is 2.33. The standard InChI is InChI=1S/C13H9ClN2O2/c14-12-9(2-1-3-11(12)13(17)18)4-5-10-6-7-15-8-16-10/h1-8H,(H,17,18)/b5-4+. The van der Waals surface area contributed by atoms with Gasteiger partial charge in [-0.2, -0.15) is 0 Å². The predicted octanol–water partition coefficient (Wildman–Crippen LogP) is 3.00. The number of aromatic nitrogens is 2. The second-order valence-electron chi connectivity index (χ2n) is 3.48. The number of nitrogens with zero attached hydrogens (tertiary/aromatic N) is 2. The summed E-state index contributed by atoms with van der Waals surface area (Å²) in [6, 6.07) is 6.60. The monoisotopic (exact) mass is 260 g/mol. The maximum absolute atomic E-state index is 10.9. The first-order chi connectivity index (χ1) is 8.68. The number of hydrogen-bond acceptors (Lipinski definition) is 3. The average molecular weight is 261 g/mol. The molecule has 0 radical (unpaired) electrons. The molecule has 0 atom stereocenters. The SMILES string of the molecule is O=C(O)c1cccc(/C=C/c2ccncn2)c1Cl. The molecule has 4 nitrogen and oxygen atoms in total. The molecule has 5 heteroatoms. The summed E-state index contributed by atoms with van der Waals surface area (Å²) >= 11 is 6.01. The van der Waals surface area contributed by atoms with Crippen LogP contribution in [0.1, 0.15) is 21.6 Å². The van der Waals surface area contributed by atoms with Gasteiger partial charge in [-0.15, -0.1) is 0 Å². The van der Waals surface area contributed by atoms with E-state index in [0.717, 1.165) is 5.69 Å². The summed E-state index contributed by atoms with van der Waals surface area (Å²) in [6.07, 6.45) is 6.53. The lowest BCUT2D eigenvalue weighted by atomic mass is 10.1. The molecule has 0 amide bonds. The molecule has 0 aliphatic carbocycles. The Labute approximate surface area is 109 Å². The van der Waals surface area contributed by atoms with Gasteiger partial charge in [0.25, 0.3) is 0 Å². The number of benzene rings is 1. The first-order valence-electron chi connectivity index (χ1n) is 5.14. The summed E-state index contributed by atoms with van der Waals surface area (Å²) in [7, 11) is 0. The van der Waals surface area contributed by atoms with Gasteiger partial charge in [-0.05, 0) is 23.8 Å². The van der Waals surface area contributed by atoms with Crippen LogP contribution in [0, 0.1) is 0 Å². The molecule has 0 spiro atoms. The summed E-state index contributed by atoms with van der Waals surface area (Å²) in [5.74, 6) is -1.04. The maximum atomic E-state index is 10.9. The van der Waals surface area contributed by atoms with Crippen molar-refractivity contribution in [3.63, 3.8) is 0 Å². The Bertz CT molecular complexity index is 597. The Kier molecular flexibility index (Phi) is 3.69. The van der Waals surface area contributed by atoms with Gasteiger partial charge in [0.1, 0.15) is 6.33 Å². The highest BCUT2D eigenvalue weighted by molar-refractivity contribution is 6.35. The summed E-state index contributed by atoms with van der Waals surface area (Å²) in [6.45, 7) is 0. The van der Waals surface area contributed by atoms with Crippen molar-refractivity contribution in [2.45, 2.75) is 0 Å². The van der Waals surface area contributed by atoms with Gasteiger partial charge in [-0.25, -0.2) is 14.8 Å². The minimum atomic E-state index is -1.04. The van der Waals surface area contributed by atoms with Gasteiger partial charge in [0.15, 0.2) is 0 Å². The number of rotatable bonds is 3. The molecule has 0 aliphatic heterocycles. The number of carboxylic acid groups (broad SMARTS) is 1. The Morgan fingerprint density at radius 2 is 2.11 bits per heavy atom. The van der Waals surface area contributed by atoms with Gasteiger partial charge >= 0.3 is 5.97 Å². The van der Waals surface area contributed by atoms with Crippen molar-refractivity contribution in [2.24, 2.45) is 0 Å². The number of aromatic carboxylic acids is 1. The molecule has 2 aromatic rings.